The van der Waals surface area contributed by atoms with E-state index in [1.807, 2.05) is 0 Å². The van der Waals surface area contributed by atoms with Crippen LogP contribution in [0.5, 0.6) is 0 Å². The zero-order valence-electron chi connectivity index (χ0n) is 14.7. The van der Waals surface area contributed by atoms with Gasteiger partial charge in [-0.15, -0.1) is 0 Å². The van der Waals surface area contributed by atoms with Crippen LogP contribution in [-0.2, 0) is 9.53 Å². The Labute approximate surface area is 131 Å². The molecule has 2 aliphatic carbocycles. The van der Waals surface area contributed by atoms with Crippen LogP contribution in [0.1, 0.15) is 79.6 Å². The Morgan fingerprint density at radius 1 is 0.952 bits per heavy atom. The smallest absolute Gasteiger partial charge is 0.312 e. The van der Waals surface area contributed by atoms with E-state index < -0.39 is 0 Å². The van der Waals surface area contributed by atoms with Crippen molar-refractivity contribution in [1.29, 1.82) is 0 Å². The second kappa shape index (κ2) is 6.71. The summed E-state index contributed by atoms with van der Waals surface area (Å²) in [4.78, 5) is 12.9. The highest BCUT2D eigenvalue weighted by Crippen LogP contribution is 2.44. The minimum Gasteiger partial charge on any atom is -0.462 e. The number of carbonyl (C=O) groups excluding carboxylic acids is 1. The van der Waals surface area contributed by atoms with E-state index in [1.165, 1.54) is 38.5 Å². The predicted molar refractivity (Wildman–Crippen MR) is 87.0 cm³/mol. The van der Waals surface area contributed by atoms with Gasteiger partial charge in [0.15, 0.2) is 0 Å². The Kier molecular flexibility index (Phi) is 5.38. The maximum atomic E-state index is 12.9. The van der Waals surface area contributed by atoms with Crippen LogP contribution in [0.4, 0.5) is 0 Å². The minimum absolute atomic E-state index is 0.0451. The molecule has 0 aromatic heterocycles. The maximum absolute atomic E-state index is 12.9. The SMILES string of the molecule is CC(C)C(C)(C(=O)OC1CCCC2CCCCC21)C(C)C. The molecule has 2 rings (SSSR count). The van der Waals surface area contributed by atoms with Crippen molar-refractivity contribution in [3.63, 3.8) is 0 Å². The Hall–Kier alpha value is -0.530. The molecule has 2 nitrogen and oxygen atoms in total. The molecule has 0 bridgehead atoms. The van der Waals surface area contributed by atoms with Crippen LogP contribution in [0.2, 0.25) is 0 Å². The Bertz CT molecular complexity index is 349. The number of rotatable bonds is 4. The first-order chi connectivity index (χ1) is 9.87. The fraction of sp³-hybridized carbons (Fsp3) is 0.947. The van der Waals surface area contributed by atoms with Crippen LogP contribution >= 0.6 is 0 Å². The number of fused-ring (bicyclic) bond motifs is 1. The molecule has 3 unspecified atom stereocenters. The lowest BCUT2D eigenvalue weighted by atomic mass is 9.68. The lowest BCUT2D eigenvalue weighted by molar-refractivity contribution is -0.174. The zero-order valence-corrected chi connectivity index (χ0v) is 14.7. The van der Waals surface area contributed by atoms with Crippen molar-refractivity contribution in [2.45, 2.75) is 85.7 Å². The Morgan fingerprint density at radius 2 is 1.52 bits per heavy atom. The van der Waals surface area contributed by atoms with Gasteiger partial charge in [-0.2, -0.15) is 0 Å². The summed E-state index contributed by atoms with van der Waals surface area (Å²) in [7, 11) is 0. The number of esters is 1. The van der Waals surface area contributed by atoms with Gasteiger partial charge in [-0.05, 0) is 56.3 Å². The molecule has 0 radical (unpaired) electrons. The molecule has 0 aromatic carbocycles. The van der Waals surface area contributed by atoms with Crippen LogP contribution < -0.4 is 0 Å². The summed E-state index contributed by atoms with van der Waals surface area (Å²) < 4.78 is 6.11. The number of hydrogen-bond donors (Lipinski definition) is 0. The van der Waals surface area contributed by atoms with Crippen LogP contribution in [0, 0.1) is 29.1 Å². The molecule has 0 N–H and O–H groups in total. The van der Waals surface area contributed by atoms with Crippen molar-refractivity contribution in [3.8, 4) is 0 Å². The summed E-state index contributed by atoms with van der Waals surface area (Å²) in [5, 5.41) is 0. The second-order valence-electron chi connectivity index (χ2n) is 8.18. The first-order valence-corrected chi connectivity index (χ1v) is 9.08. The van der Waals surface area contributed by atoms with Crippen molar-refractivity contribution in [1.82, 2.24) is 0 Å². The van der Waals surface area contributed by atoms with Gasteiger partial charge in [-0.1, -0.05) is 47.0 Å². The fourth-order valence-electron chi connectivity index (χ4n) is 4.43. The van der Waals surface area contributed by atoms with Crippen molar-refractivity contribution in [2.75, 3.05) is 0 Å². The van der Waals surface area contributed by atoms with E-state index in [9.17, 15) is 4.79 Å². The first-order valence-electron chi connectivity index (χ1n) is 9.08. The molecule has 3 atom stereocenters. The van der Waals surface area contributed by atoms with Crippen molar-refractivity contribution in [2.24, 2.45) is 29.1 Å². The van der Waals surface area contributed by atoms with Crippen LogP contribution in [0.3, 0.4) is 0 Å². The fourth-order valence-corrected chi connectivity index (χ4v) is 4.43. The van der Waals surface area contributed by atoms with Crippen molar-refractivity contribution < 1.29 is 9.53 Å². The molecule has 0 spiro atoms. The van der Waals surface area contributed by atoms with Gasteiger partial charge in [-0.3, -0.25) is 4.79 Å². The summed E-state index contributed by atoms with van der Waals surface area (Å²) in [6.45, 7) is 10.7. The van der Waals surface area contributed by atoms with Gasteiger partial charge < -0.3 is 4.74 Å². The van der Waals surface area contributed by atoms with E-state index in [4.69, 9.17) is 4.74 Å². The molecular weight excluding hydrogens is 260 g/mol. The quantitative estimate of drug-likeness (QED) is 0.666. The molecule has 0 aromatic rings. The third-order valence-electron chi connectivity index (χ3n) is 6.61. The molecule has 2 aliphatic rings. The van der Waals surface area contributed by atoms with E-state index >= 15 is 0 Å². The Morgan fingerprint density at radius 3 is 2.14 bits per heavy atom. The summed E-state index contributed by atoms with van der Waals surface area (Å²) in [5.74, 6) is 2.13. The number of ether oxygens (including phenoxy) is 1. The molecular formula is C19H34O2. The van der Waals surface area contributed by atoms with Crippen molar-refractivity contribution in [3.05, 3.63) is 0 Å². The van der Waals surface area contributed by atoms with E-state index in [0.29, 0.717) is 17.8 Å². The molecule has 0 heterocycles. The summed E-state index contributed by atoms with van der Waals surface area (Å²) in [6.07, 6.45) is 9.17. The summed E-state index contributed by atoms with van der Waals surface area (Å²) in [6, 6.07) is 0. The summed E-state index contributed by atoms with van der Waals surface area (Å²) in [5.41, 5.74) is -0.360. The molecule has 2 saturated carbocycles. The molecule has 2 heteroatoms. The monoisotopic (exact) mass is 294 g/mol. The highest BCUT2D eigenvalue weighted by Gasteiger charge is 2.44. The largest absolute Gasteiger partial charge is 0.462 e. The molecule has 122 valence electrons. The molecule has 0 aliphatic heterocycles. The van der Waals surface area contributed by atoms with Gasteiger partial charge >= 0.3 is 5.97 Å². The van der Waals surface area contributed by atoms with Crippen LogP contribution in [0.15, 0.2) is 0 Å². The first kappa shape index (κ1) is 16.8. The molecule has 2 fully saturated rings. The topological polar surface area (TPSA) is 26.3 Å². The highest BCUT2D eigenvalue weighted by atomic mass is 16.5. The average molecular weight is 294 g/mol. The maximum Gasteiger partial charge on any atom is 0.312 e. The van der Waals surface area contributed by atoms with Gasteiger partial charge in [0.2, 0.25) is 0 Å². The highest BCUT2D eigenvalue weighted by molar-refractivity contribution is 5.77. The average Bonchev–Trinajstić information content (AvgIpc) is 2.46. The van der Waals surface area contributed by atoms with Crippen molar-refractivity contribution >= 4 is 5.97 Å². The van der Waals surface area contributed by atoms with Gasteiger partial charge in [0, 0.05) is 0 Å². The molecule has 21 heavy (non-hydrogen) atoms. The molecule has 0 saturated heterocycles. The molecule has 0 amide bonds. The second-order valence-corrected chi connectivity index (χ2v) is 8.18. The van der Waals surface area contributed by atoms with Crippen LogP contribution in [0.25, 0.3) is 0 Å². The predicted octanol–water partition coefficient (Wildman–Crippen LogP) is 5.21. The van der Waals surface area contributed by atoms with Gasteiger partial charge in [0.05, 0.1) is 5.41 Å². The lowest BCUT2D eigenvalue weighted by Crippen LogP contribution is -2.45. The summed E-state index contributed by atoms with van der Waals surface area (Å²) >= 11 is 0. The Balaban J connectivity index is 2.07. The van der Waals surface area contributed by atoms with E-state index in [2.05, 4.69) is 34.6 Å². The third-order valence-corrected chi connectivity index (χ3v) is 6.61. The van der Waals surface area contributed by atoms with E-state index in [1.54, 1.807) is 0 Å². The van der Waals surface area contributed by atoms with Gasteiger partial charge in [-0.25, -0.2) is 0 Å². The van der Waals surface area contributed by atoms with Gasteiger partial charge in [0.25, 0.3) is 0 Å². The van der Waals surface area contributed by atoms with E-state index in [-0.39, 0.29) is 17.5 Å². The number of carbonyl (C=O) groups is 1. The number of hydrogen-bond acceptors (Lipinski definition) is 2. The normalized spacial score (nSPS) is 30.3. The minimum atomic E-state index is -0.360. The van der Waals surface area contributed by atoms with Crippen LogP contribution in [-0.4, -0.2) is 12.1 Å². The van der Waals surface area contributed by atoms with E-state index in [0.717, 1.165) is 12.3 Å². The lowest BCUT2D eigenvalue weighted by Gasteiger charge is -2.43. The third kappa shape index (κ3) is 3.29. The van der Waals surface area contributed by atoms with Gasteiger partial charge in [0.1, 0.15) is 6.10 Å². The standard InChI is InChI=1S/C19H34O2/c1-13(2)19(5,14(3)4)18(20)21-17-12-8-10-15-9-6-7-11-16(15)17/h13-17H,6-12H2,1-5H3. The zero-order chi connectivity index (χ0) is 15.6.